The zero-order valence-electron chi connectivity index (χ0n) is 19.3. The highest BCUT2D eigenvalue weighted by molar-refractivity contribution is 5.95. The Morgan fingerprint density at radius 3 is 2.76 bits per heavy atom. The smallest absolute Gasteiger partial charge is 0.225 e. The Morgan fingerprint density at radius 1 is 1.18 bits per heavy atom. The predicted octanol–water partition coefficient (Wildman–Crippen LogP) is 3.83. The molecular formula is C26H31N5O2. The third-order valence-electron chi connectivity index (χ3n) is 6.71. The fourth-order valence-corrected chi connectivity index (χ4v) is 4.84. The minimum atomic E-state index is 0.0932. The highest BCUT2D eigenvalue weighted by Crippen LogP contribution is 2.46. The molecule has 1 aliphatic carbocycles. The van der Waals surface area contributed by atoms with E-state index in [9.17, 15) is 4.79 Å². The first-order valence-electron chi connectivity index (χ1n) is 11.7. The maximum atomic E-state index is 12.5. The molecule has 0 unspecified atom stereocenters. The minimum absolute atomic E-state index is 0.0932. The van der Waals surface area contributed by atoms with Crippen molar-refractivity contribution in [3.05, 3.63) is 48.3 Å². The second kappa shape index (κ2) is 8.98. The summed E-state index contributed by atoms with van der Waals surface area (Å²) in [5, 5.41) is 1.11. The van der Waals surface area contributed by atoms with Gasteiger partial charge >= 0.3 is 0 Å². The van der Waals surface area contributed by atoms with Gasteiger partial charge in [-0.05, 0) is 31.9 Å². The molecule has 5 rings (SSSR count). The first-order chi connectivity index (χ1) is 16.1. The number of ether oxygens (including phenoxy) is 1. The lowest BCUT2D eigenvalue weighted by atomic mass is 9.98. The fraction of sp³-hybridized carbons (Fsp3) is 0.423. The number of benzene rings is 1. The van der Waals surface area contributed by atoms with Crippen LogP contribution in [0.25, 0.3) is 22.0 Å². The molecule has 0 spiro atoms. The van der Waals surface area contributed by atoms with Crippen LogP contribution in [0, 0.1) is 0 Å². The molecule has 7 nitrogen and oxygen atoms in total. The number of amides is 1. The summed E-state index contributed by atoms with van der Waals surface area (Å²) >= 11 is 0. The predicted molar refractivity (Wildman–Crippen MR) is 131 cm³/mol. The highest BCUT2D eigenvalue weighted by atomic mass is 16.5. The maximum Gasteiger partial charge on any atom is 0.225 e. The Kier molecular flexibility index (Phi) is 5.89. The summed E-state index contributed by atoms with van der Waals surface area (Å²) in [6.45, 7) is 4.65. The Labute approximate surface area is 194 Å². The summed E-state index contributed by atoms with van der Waals surface area (Å²) in [5.41, 5.74) is 11.5. The van der Waals surface area contributed by atoms with Crippen LogP contribution in [0.2, 0.25) is 0 Å². The standard InChI is InChI=1S/C26H31N5O2/c1-17-16-30(12-13-31(17)23(32)10-14-33-2)26-22(27)15-21(25(29-26)19-8-9-19)20-7-3-5-18-6-4-11-28-24(18)20/h3-7,11,15,17,19H,8-10,12-14,16,27H2,1-2H3/t17-/m1/s1. The molecule has 1 saturated carbocycles. The minimum Gasteiger partial charge on any atom is -0.396 e. The number of piperazine rings is 1. The zero-order valence-corrected chi connectivity index (χ0v) is 19.3. The fourth-order valence-electron chi connectivity index (χ4n) is 4.84. The lowest BCUT2D eigenvalue weighted by molar-refractivity contribution is -0.134. The maximum absolute atomic E-state index is 12.5. The molecule has 0 bridgehead atoms. The summed E-state index contributed by atoms with van der Waals surface area (Å²) in [6, 6.07) is 12.5. The molecule has 1 aromatic carbocycles. The van der Waals surface area contributed by atoms with Crippen LogP contribution in [0.5, 0.6) is 0 Å². The van der Waals surface area contributed by atoms with Crippen LogP contribution in [-0.2, 0) is 9.53 Å². The molecule has 172 valence electrons. The molecule has 1 saturated heterocycles. The summed E-state index contributed by atoms with van der Waals surface area (Å²) in [7, 11) is 1.62. The Balaban J connectivity index is 1.46. The van der Waals surface area contributed by atoms with Gasteiger partial charge in [0, 0.05) is 61.4 Å². The van der Waals surface area contributed by atoms with Crippen molar-refractivity contribution in [2.45, 2.75) is 38.1 Å². The number of carbonyl (C=O) groups excluding carboxylic acids is 1. The van der Waals surface area contributed by atoms with Crippen molar-refractivity contribution in [3.8, 4) is 11.1 Å². The third kappa shape index (κ3) is 4.25. The average Bonchev–Trinajstić information content (AvgIpc) is 3.67. The summed E-state index contributed by atoms with van der Waals surface area (Å²) in [5.74, 6) is 1.44. The number of aromatic nitrogens is 2. The molecule has 1 atom stereocenters. The van der Waals surface area contributed by atoms with Gasteiger partial charge in [-0.3, -0.25) is 9.78 Å². The molecule has 2 N–H and O–H groups in total. The Hall–Kier alpha value is -3.19. The summed E-state index contributed by atoms with van der Waals surface area (Å²) in [4.78, 5) is 26.5. The number of nitrogens with zero attached hydrogens (tertiary/aromatic N) is 4. The number of rotatable bonds is 6. The van der Waals surface area contributed by atoms with E-state index in [4.69, 9.17) is 15.5 Å². The quantitative estimate of drug-likeness (QED) is 0.621. The SMILES string of the molecule is COCCC(=O)N1CCN(c2nc(C3CC3)c(-c3cccc4cccnc34)cc2N)C[C@H]1C. The van der Waals surface area contributed by atoms with Gasteiger partial charge in [0.05, 0.1) is 29.9 Å². The van der Waals surface area contributed by atoms with Crippen molar-refractivity contribution in [1.29, 1.82) is 0 Å². The highest BCUT2D eigenvalue weighted by Gasteiger charge is 2.33. The molecule has 2 fully saturated rings. The van der Waals surface area contributed by atoms with E-state index in [1.807, 2.05) is 17.2 Å². The van der Waals surface area contributed by atoms with Crippen LogP contribution in [-0.4, -0.2) is 60.2 Å². The molecule has 2 aromatic heterocycles. The number of para-hydroxylation sites is 1. The molecular weight excluding hydrogens is 414 g/mol. The average molecular weight is 446 g/mol. The van der Waals surface area contributed by atoms with Gasteiger partial charge in [-0.1, -0.05) is 24.3 Å². The number of fused-ring (bicyclic) bond motifs is 1. The van der Waals surface area contributed by atoms with Crippen LogP contribution in [0.1, 0.15) is 37.8 Å². The van der Waals surface area contributed by atoms with E-state index in [0.717, 1.165) is 59.5 Å². The van der Waals surface area contributed by atoms with E-state index >= 15 is 0 Å². The Morgan fingerprint density at radius 2 is 2.00 bits per heavy atom. The number of methoxy groups -OCH3 is 1. The lowest BCUT2D eigenvalue weighted by Crippen LogP contribution is -2.54. The summed E-state index contributed by atoms with van der Waals surface area (Å²) < 4.78 is 5.07. The molecule has 33 heavy (non-hydrogen) atoms. The van der Waals surface area contributed by atoms with Gasteiger partial charge in [0.25, 0.3) is 0 Å². The number of hydrogen-bond acceptors (Lipinski definition) is 6. The van der Waals surface area contributed by atoms with Crippen molar-refractivity contribution in [3.63, 3.8) is 0 Å². The topological polar surface area (TPSA) is 84.6 Å². The van der Waals surface area contributed by atoms with Crippen molar-refractivity contribution in [2.75, 3.05) is 44.0 Å². The Bertz CT molecular complexity index is 1170. The summed E-state index contributed by atoms with van der Waals surface area (Å²) in [6.07, 6.45) is 4.56. The lowest BCUT2D eigenvalue weighted by Gasteiger charge is -2.41. The molecule has 1 aliphatic heterocycles. The number of pyridine rings is 2. The number of anilines is 2. The van der Waals surface area contributed by atoms with E-state index in [1.165, 1.54) is 0 Å². The molecule has 3 aromatic rings. The first kappa shape index (κ1) is 21.6. The van der Waals surface area contributed by atoms with Crippen LogP contribution in [0.3, 0.4) is 0 Å². The number of hydrogen-bond donors (Lipinski definition) is 1. The molecule has 3 heterocycles. The largest absolute Gasteiger partial charge is 0.396 e. The van der Waals surface area contributed by atoms with E-state index < -0.39 is 0 Å². The van der Waals surface area contributed by atoms with Gasteiger partial charge in [0.15, 0.2) is 5.82 Å². The van der Waals surface area contributed by atoms with Gasteiger partial charge < -0.3 is 20.3 Å². The molecule has 7 heteroatoms. The van der Waals surface area contributed by atoms with E-state index in [-0.39, 0.29) is 11.9 Å². The van der Waals surface area contributed by atoms with Gasteiger partial charge in [-0.15, -0.1) is 0 Å². The van der Waals surface area contributed by atoms with Crippen LogP contribution < -0.4 is 10.6 Å². The van der Waals surface area contributed by atoms with Crippen molar-refractivity contribution >= 4 is 28.3 Å². The number of nitrogen functional groups attached to an aromatic ring is 1. The monoisotopic (exact) mass is 445 g/mol. The van der Waals surface area contributed by atoms with Gasteiger partial charge in [-0.2, -0.15) is 0 Å². The number of carbonyl (C=O) groups is 1. The number of nitrogens with two attached hydrogens (primary N) is 1. The zero-order chi connectivity index (χ0) is 22.9. The van der Waals surface area contributed by atoms with Crippen LogP contribution in [0.4, 0.5) is 11.5 Å². The van der Waals surface area contributed by atoms with E-state index in [0.29, 0.717) is 31.2 Å². The second-order valence-corrected chi connectivity index (χ2v) is 9.11. The molecule has 2 aliphatic rings. The van der Waals surface area contributed by atoms with Crippen LogP contribution >= 0.6 is 0 Å². The van der Waals surface area contributed by atoms with Gasteiger partial charge in [0.2, 0.25) is 5.91 Å². The van der Waals surface area contributed by atoms with E-state index in [2.05, 4.69) is 47.1 Å². The van der Waals surface area contributed by atoms with Gasteiger partial charge in [0.1, 0.15) is 0 Å². The first-order valence-corrected chi connectivity index (χ1v) is 11.7. The van der Waals surface area contributed by atoms with Gasteiger partial charge in [-0.25, -0.2) is 4.98 Å². The molecule has 0 radical (unpaired) electrons. The van der Waals surface area contributed by atoms with Crippen molar-refractivity contribution in [2.24, 2.45) is 0 Å². The van der Waals surface area contributed by atoms with E-state index in [1.54, 1.807) is 7.11 Å². The third-order valence-corrected chi connectivity index (χ3v) is 6.71. The normalized spacial score (nSPS) is 18.7. The molecule has 1 amide bonds. The second-order valence-electron chi connectivity index (χ2n) is 9.11. The van der Waals surface area contributed by atoms with Crippen molar-refractivity contribution < 1.29 is 9.53 Å². The van der Waals surface area contributed by atoms with Crippen LogP contribution in [0.15, 0.2) is 42.6 Å². The van der Waals surface area contributed by atoms with Crippen molar-refractivity contribution in [1.82, 2.24) is 14.9 Å².